The zero-order valence-corrected chi connectivity index (χ0v) is 6.03. The number of hydrogen-bond acceptors (Lipinski definition) is 3. The van der Waals surface area contributed by atoms with Gasteiger partial charge in [-0.3, -0.25) is 4.79 Å². The molecule has 4 heteroatoms. The van der Waals surface area contributed by atoms with Crippen LogP contribution in [-0.4, -0.2) is 37.0 Å². The number of hydrogen-bond donors (Lipinski definition) is 1. The Hall–Kier alpha value is -0.610. The van der Waals surface area contributed by atoms with Crippen molar-refractivity contribution in [3.8, 4) is 0 Å². The molecule has 0 bridgehead atoms. The molecular weight excluding hydrogens is 148 g/mol. The second kappa shape index (κ2) is 2.46. The molecule has 0 amide bonds. The largest absolute Gasteiger partial charge is 0.481 e. The molecule has 0 radical (unpaired) electrons. The summed E-state index contributed by atoms with van der Waals surface area (Å²) in [7, 11) is 0. The molecule has 62 valence electrons. The Morgan fingerprint density at radius 3 is 2.91 bits per heavy atom. The van der Waals surface area contributed by atoms with Crippen molar-refractivity contribution in [1.82, 2.24) is 0 Å². The second-order valence-electron chi connectivity index (χ2n) is 3.02. The fourth-order valence-corrected chi connectivity index (χ4v) is 1.70. The van der Waals surface area contributed by atoms with E-state index in [1.165, 1.54) is 0 Å². The van der Waals surface area contributed by atoms with Gasteiger partial charge in [0.25, 0.3) is 0 Å². The van der Waals surface area contributed by atoms with E-state index in [1.807, 2.05) is 0 Å². The number of carboxylic acids is 1. The number of rotatable bonds is 1. The molecular formula is C7H10O4. The molecule has 2 rings (SSSR count). The molecule has 2 fully saturated rings. The van der Waals surface area contributed by atoms with Gasteiger partial charge in [0.1, 0.15) is 0 Å². The minimum atomic E-state index is -0.761. The highest BCUT2D eigenvalue weighted by Crippen LogP contribution is 2.31. The zero-order valence-electron chi connectivity index (χ0n) is 6.03. The van der Waals surface area contributed by atoms with E-state index in [0.29, 0.717) is 19.8 Å². The molecule has 0 aromatic heterocycles. The lowest BCUT2D eigenvalue weighted by atomic mass is 9.94. The Bertz CT molecular complexity index is 179. The Labute approximate surface area is 64.1 Å². The van der Waals surface area contributed by atoms with E-state index in [0.717, 1.165) is 0 Å². The van der Waals surface area contributed by atoms with Crippen LogP contribution in [0.5, 0.6) is 0 Å². The highest BCUT2D eigenvalue weighted by atomic mass is 16.6. The number of fused-ring (bicyclic) bond motifs is 1. The fraction of sp³-hybridized carbons (Fsp3) is 0.857. The predicted molar refractivity (Wildman–Crippen MR) is 35.2 cm³/mol. The van der Waals surface area contributed by atoms with Gasteiger partial charge in [-0.15, -0.1) is 0 Å². The van der Waals surface area contributed by atoms with Crippen LogP contribution in [0.1, 0.15) is 0 Å². The van der Waals surface area contributed by atoms with Gasteiger partial charge in [0.05, 0.1) is 31.8 Å². The summed E-state index contributed by atoms with van der Waals surface area (Å²) in [6.07, 6.45) is 0.0381. The number of carboxylic acid groups (broad SMARTS) is 1. The van der Waals surface area contributed by atoms with Crippen LogP contribution < -0.4 is 0 Å². The van der Waals surface area contributed by atoms with Crippen LogP contribution in [-0.2, 0) is 14.3 Å². The maximum absolute atomic E-state index is 10.6. The molecule has 4 nitrogen and oxygen atoms in total. The van der Waals surface area contributed by atoms with Crippen LogP contribution in [0.3, 0.4) is 0 Å². The lowest BCUT2D eigenvalue weighted by Crippen LogP contribution is -2.24. The number of aliphatic carboxylic acids is 1. The average Bonchev–Trinajstić information content (AvgIpc) is 2.41. The summed E-state index contributed by atoms with van der Waals surface area (Å²) in [6.45, 7) is 1.46. The van der Waals surface area contributed by atoms with Crippen molar-refractivity contribution in [3.05, 3.63) is 0 Å². The molecule has 0 spiro atoms. The number of carbonyl (C=O) groups is 1. The van der Waals surface area contributed by atoms with Crippen molar-refractivity contribution in [2.45, 2.75) is 6.10 Å². The van der Waals surface area contributed by atoms with Gasteiger partial charge in [0.15, 0.2) is 0 Å². The molecule has 1 N–H and O–H groups in total. The van der Waals surface area contributed by atoms with Gasteiger partial charge in [-0.25, -0.2) is 0 Å². The van der Waals surface area contributed by atoms with E-state index in [2.05, 4.69) is 0 Å². The molecule has 0 saturated carbocycles. The van der Waals surface area contributed by atoms with Gasteiger partial charge in [0, 0.05) is 5.92 Å². The molecule has 2 saturated heterocycles. The Balaban J connectivity index is 2.08. The third kappa shape index (κ3) is 1.02. The van der Waals surface area contributed by atoms with Crippen molar-refractivity contribution in [2.75, 3.05) is 19.8 Å². The zero-order chi connectivity index (χ0) is 7.84. The quantitative estimate of drug-likeness (QED) is 0.570. The van der Waals surface area contributed by atoms with Gasteiger partial charge in [0.2, 0.25) is 0 Å². The molecule has 2 aliphatic rings. The summed E-state index contributed by atoms with van der Waals surface area (Å²) in [5, 5.41) is 8.72. The third-order valence-corrected chi connectivity index (χ3v) is 2.39. The summed E-state index contributed by atoms with van der Waals surface area (Å²) >= 11 is 0. The Morgan fingerprint density at radius 1 is 1.36 bits per heavy atom. The van der Waals surface area contributed by atoms with Crippen LogP contribution in [0, 0.1) is 11.8 Å². The molecule has 3 unspecified atom stereocenters. The normalized spacial score (nSPS) is 42.4. The maximum Gasteiger partial charge on any atom is 0.309 e. The van der Waals surface area contributed by atoms with E-state index in [1.54, 1.807) is 0 Å². The molecule has 0 aromatic carbocycles. The molecule has 11 heavy (non-hydrogen) atoms. The van der Waals surface area contributed by atoms with E-state index < -0.39 is 5.97 Å². The van der Waals surface area contributed by atoms with E-state index in [-0.39, 0.29) is 17.9 Å². The van der Waals surface area contributed by atoms with E-state index >= 15 is 0 Å². The van der Waals surface area contributed by atoms with Gasteiger partial charge in [-0.2, -0.15) is 0 Å². The smallest absolute Gasteiger partial charge is 0.309 e. The van der Waals surface area contributed by atoms with Crippen molar-refractivity contribution < 1.29 is 19.4 Å². The third-order valence-electron chi connectivity index (χ3n) is 2.39. The minimum absolute atomic E-state index is 0.0381. The molecule has 0 aromatic rings. The van der Waals surface area contributed by atoms with Crippen LogP contribution >= 0.6 is 0 Å². The standard InChI is InChI=1S/C7H10O4/c8-7(9)5-2-11-6-3-10-1-4(5)6/h4-6H,1-3H2,(H,8,9). The Morgan fingerprint density at radius 2 is 2.18 bits per heavy atom. The summed E-state index contributed by atoms with van der Waals surface area (Å²) in [4.78, 5) is 10.6. The average molecular weight is 158 g/mol. The highest BCUT2D eigenvalue weighted by molar-refractivity contribution is 5.71. The van der Waals surface area contributed by atoms with Crippen molar-refractivity contribution in [3.63, 3.8) is 0 Å². The van der Waals surface area contributed by atoms with Crippen LogP contribution in [0.4, 0.5) is 0 Å². The first kappa shape index (κ1) is 7.06. The summed E-state index contributed by atoms with van der Waals surface area (Å²) < 4.78 is 10.3. The first-order chi connectivity index (χ1) is 5.29. The van der Waals surface area contributed by atoms with Crippen molar-refractivity contribution in [1.29, 1.82) is 0 Å². The monoisotopic (exact) mass is 158 g/mol. The molecule has 0 aliphatic carbocycles. The first-order valence-corrected chi connectivity index (χ1v) is 3.71. The summed E-state index contributed by atoms with van der Waals surface area (Å²) in [5.41, 5.74) is 0. The van der Waals surface area contributed by atoms with Crippen molar-refractivity contribution in [2.24, 2.45) is 11.8 Å². The molecule has 3 atom stereocenters. The van der Waals surface area contributed by atoms with Gasteiger partial charge < -0.3 is 14.6 Å². The lowest BCUT2D eigenvalue weighted by Gasteiger charge is -2.08. The minimum Gasteiger partial charge on any atom is -0.481 e. The second-order valence-corrected chi connectivity index (χ2v) is 3.02. The van der Waals surface area contributed by atoms with Crippen LogP contribution in [0.15, 0.2) is 0 Å². The van der Waals surface area contributed by atoms with E-state index in [4.69, 9.17) is 14.6 Å². The SMILES string of the molecule is O=C(O)C1COC2COCC21. The lowest BCUT2D eigenvalue weighted by molar-refractivity contribution is -0.143. The topological polar surface area (TPSA) is 55.8 Å². The number of ether oxygens (including phenoxy) is 2. The van der Waals surface area contributed by atoms with E-state index in [9.17, 15) is 4.79 Å². The highest BCUT2D eigenvalue weighted by Gasteiger charge is 2.44. The van der Waals surface area contributed by atoms with Crippen molar-refractivity contribution >= 4 is 5.97 Å². The fourth-order valence-electron chi connectivity index (χ4n) is 1.70. The van der Waals surface area contributed by atoms with Gasteiger partial charge in [-0.1, -0.05) is 0 Å². The summed E-state index contributed by atoms with van der Waals surface area (Å²) in [5.74, 6) is -1.02. The molecule has 2 aliphatic heterocycles. The predicted octanol–water partition coefficient (Wildman–Crippen LogP) is -0.268. The first-order valence-electron chi connectivity index (χ1n) is 3.71. The molecule has 2 heterocycles. The maximum atomic E-state index is 10.6. The van der Waals surface area contributed by atoms with Crippen LogP contribution in [0.2, 0.25) is 0 Å². The van der Waals surface area contributed by atoms with Crippen LogP contribution in [0.25, 0.3) is 0 Å². The van der Waals surface area contributed by atoms with Gasteiger partial charge in [-0.05, 0) is 0 Å². The summed E-state index contributed by atoms with van der Waals surface area (Å²) in [6, 6.07) is 0. The Kier molecular flexibility index (Phi) is 1.58. The van der Waals surface area contributed by atoms with Gasteiger partial charge >= 0.3 is 5.97 Å².